The third-order valence-electron chi connectivity index (χ3n) is 1.93. The minimum atomic E-state index is -0.643. The third-order valence-corrected chi connectivity index (χ3v) is 2.46. The van der Waals surface area contributed by atoms with Crippen LogP contribution in [0.1, 0.15) is 0 Å². The van der Waals surface area contributed by atoms with Gasteiger partial charge in [-0.1, -0.05) is 29.1 Å². The van der Waals surface area contributed by atoms with Crippen molar-refractivity contribution >= 4 is 23.2 Å². The minimum absolute atomic E-state index is 0.138. The number of hydrogen-bond donors (Lipinski definition) is 2. The van der Waals surface area contributed by atoms with E-state index in [0.717, 1.165) is 0 Å². The summed E-state index contributed by atoms with van der Waals surface area (Å²) in [4.78, 5) is 0. The summed E-state index contributed by atoms with van der Waals surface area (Å²) in [5.74, 6) is 2.91. The van der Waals surface area contributed by atoms with Gasteiger partial charge in [0, 0.05) is 11.6 Å². The van der Waals surface area contributed by atoms with Crippen molar-refractivity contribution in [3.05, 3.63) is 28.2 Å². The second-order valence-electron chi connectivity index (χ2n) is 3.37. The van der Waals surface area contributed by atoms with E-state index < -0.39 is 6.10 Å². The maximum atomic E-state index is 9.56. The average Bonchev–Trinajstić information content (AvgIpc) is 2.28. The molecule has 92 valence electrons. The molecule has 17 heavy (non-hydrogen) atoms. The van der Waals surface area contributed by atoms with Gasteiger partial charge in [0.05, 0.1) is 11.6 Å². The Bertz CT molecular complexity index is 404. The Morgan fingerprint density at radius 1 is 1.47 bits per heavy atom. The van der Waals surface area contributed by atoms with Gasteiger partial charge in [-0.15, -0.1) is 6.42 Å². The van der Waals surface area contributed by atoms with E-state index in [1.165, 1.54) is 0 Å². The van der Waals surface area contributed by atoms with Crippen LogP contribution >= 0.6 is 23.2 Å². The molecule has 0 aliphatic carbocycles. The van der Waals surface area contributed by atoms with Gasteiger partial charge in [-0.2, -0.15) is 0 Å². The number of ether oxygens (including phenoxy) is 1. The fourth-order valence-corrected chi connectivity index (χ4v) is 1.61. The number of aliphatic hydroxyl groups is 1. The van der Waals surface area contributed by atoms with Crippen molar-refractivity contribution < 1.29 is 9.84 Å². The summed E-state index contributed by atoms with van der Waals surface area (Å²) in [5, 5.41) is 13.4. The lowest BCUT2D eigenvalue weighted by Gasteiger charge is -2.13. The highest BCUT2D eigenvalue weighted by Gasteiger charge is 2.07. The van der Waals surface area contributed by atoms with Gasteiger partial charge in [0.25, 0.3) is 0 Å². The second-order valence-corrected chi connectivity index (χ2v) is 4.22. The number of benzene rings is 1. The first-order chi connectivity index (χ1) is 8.13. The van der Waals surface area contributed by atoms with Crippen molar-refractivity contribution in [2.45, 2.75) is 6.10 Å². The van der Waals surface area contributed by atoms with Gasteiger partial charge >= 0.3 is 0 Å². The number of nitrogens with one attached hydrogen (secondary N) is 1. The molecule has 0 aliphatic rings. The van der Waals surface area contributed by atoms with Gasteiger partial charge in [-0.3, -0.25) is 0 Å². The summed E-state index contributed by atoms with van der Waals surface area (Å²) >= 11 is 11.7. The first-order valence-corrected chi connectivity index (χ1v) is 5.79. The smallest absolute Gasteiger partial charge is 0.138 e. The Morgan fingerprint density at radius 3 is 2.88 bits per heavy atom. The van der Waals surface area contributed by atoms with Gasteiger partial charge in [0.15, 0.2) is 0 Å². The van der Waals surface area contributed by atoms with Gasteiger partial charge < -0.3 is 15.2 Å². The Kier molecular flexibility index (Phi) is 6.17. The van der Waals surface area contributed by atoms with Crippen molar-refractivity contribution in [3.8, 4) is 18.1 Å². The predicted molar refractivity (Wildman–Crippen MR) is 69.7 cm³/mol. The van der Waals surface area contributed by atoms with Crippen molar-refractivity contribution in [2.24, 2.45) is 0 Å². The van der Waals surface area contributed by atoms with Crippen LogP contribution in [0.15, 0.2) is 18.2 Å². The molecule has 0 heterocycles. The Hall–Kier alpha value is -0.920. The number of aliphatic hydroxyl groups excluding tert-OH is 1. The quantitative estimate of drug-likeness (QED) is 0.615. The summed E-state index contributed by atoms with van der Waals surface area (Å²) < 4.78 is 5.35. The lowest BCUT2D eigenvalue weighted by atomic mass is 10.3. The fourth-order valence-electron chi connectivity index (χ4n) is 1.15. The molecule has 0 amide bonds. The summed E-state index contributed by atoms with van der Waals surface area (Å²) in [6, 6.07) is 4.92. The van der Waals surface area contributed by atoms with E-state index in [9.17, 15) is 5.11 Å². The van der Waals surface area contributed by atoms with E-state index in [1.54, 1.807) is 18.2 Å². The molecule has 0 fully saturated rings. The summed E-state index contributed by atoms with van der Waals surface area (Å²) in [6.45, 7) is 0.924. The molecule has 1 aromatic rings. The molecular weight excluding hydrogens is 261 g/mol. The standard InChI is InChI=1S/C12H13Cl2NO2/c1-2-5-15-7-10(16)8-17-12-4-3-9(13)6-11(12)14/h1,3-4,6,10,15-16H,5,7-8H2. The largest absolute Gasteiger partial charge is 0.489 e. The maximum Gasteiger partial charge on any atom is 0.138 e. The number of rotatable bonds is 6. The molecule has 0 aliphatic heterocycles. The normalized spacial score (nSPS) is 11.9. The Balaban J connectivity index is 2.37. The van der Waals surface area contributed by atoms with Gasteiger partial charge in [0.2, 0.25) is 0 Å². The molecule has 1 aromatic carbocycles. The van der Waals surface area contributed by atoms with E-state index in [1.807, 2.05) is 0 Å². The number of terminal acetylenes is 1. The van der Waals surface area contributed by atoms with Crippen LogP contribution < -0.4 is 10.1 Å². The van der Waals surface area contributed by atoms with Crippen LogP contribution in [0.3, 0.4) is 0 Å². The molecule has 0 bridgehead atoms. The lowest BCUT2D eigenvalue weighted by Crippen LogP contribution is -2.31. The molecule has 1 rings (SSSR count). The first-order valence-electron chi connectivity index (χ1n) is 5.03. The molecule has 0 saturated carbocycles. The minimum Gasteiger partial charge on any atom is -0.489 e. The predicted octanol–water partition coefficient (Wildman–Crippen LogP) is 1.96. The fraction of sp³-hybridized carbons (Fsp3) is 0.333. The van der Waals surface area contributed by atoms with E-state index in [2.05, 4.69) is 11.2 Å². The van der Waals surface area contributed by atoms with Crippen molar-refractivity contribution in [3.63, 3.8) is 0 Å². The summed E-state index contributed by atoms with van der Waals surface area (Å²) in [5.41, 5.74) is 0. The molecule has 0 spiro atoms. The topological polar surface area (TPSA) is 41.5 Å². The van der Waals surface area contributed by atoms with E-state index in [-0.39, 0.29) is 6.61 Å². The van der Waals surface area contributed by atoms with E-state index in [0.29, 0.717) is 28.9 Å². The van der Waals surface area contributed by atoms with Crippen molar-refractivity contribution in [2.75, 3.05) is 19.7 Å². The van der Waals surface area contributed by atoms with Gasteiger partial charge in [-0.05, 0) is 18.2 Å². The van der Waals surface area contributed by atoms with E-state index >= 15 is 0 Å². The lowest BCUT2D eigenvalue weighted by molar-refractivity contribution is 0.107. The first kappa shape index (κ1) is 14.1. The van der Waals surface area contributed by atoms with Crippen molar-refractivity contribution in [1.29, 1.82) is 0 Å². The highest BCUT2D eigenvalue weighted by Crippen LogP contribution is 2.27. The zero-order chi connectivity index (χ0) is 12.7. The summed E-state index contributed by atoms with van der Waals surface area (Å²) in [7, 11) is 0. The van der Waals surface area contributed by atoms with Crippen LogP contribution in [0.5, 0.6) is 5.75 Å². The monoisotopic (exact) mass is 273 g/mol. The number of hydrogen-bond acceptors (Lipinski definition) is 3. The van der Waals surface area contributed by atoms with Gasteiger partial charge in [-0.25, -0.2) is 0 Å². The highest BCUT2D eigenvalue weighted by atomic mass is 35.5. The molecule has 1 unspecified atom stereocenters. The van der Waals surface area contributed by atoms with Crippen LogP contribution in [0.2, 0.25) is 10.0 Å². The summed E-state index contributed by atoms with van der Waals surface area (Å²) in [6.07, 6.45) is 4.42. The van der Waals surface area contributed by atoms with Gasteiger partial charge in [0.1, 0.15) is 18.5 Å². The molecule has 5 heteroatoms. The van der Waals surface area contributed by atoms with Crippen LogP contribution in [-0.2, 0) is 0 Å². The maximum absolute atomic E-state index is 9.56. The van der Waals surface area contributed by atoms with Crippen LogP contribution in [0.25, 0.3) is 0 Å². The Morgan fingerprint density at radius 2 is 2.24 bits per heavy atom. The third kappa shape index (κ3) is 5.29. The zero-order valence-corrected chi connectivity index (χ0v) is 10.6. The molecule has 0 radical (unpaired) electrons. The molecular formula is C12H13Cl2NO2. The van der Waals surface area contributed by atoms with Crippen molar-refractivity contribution in [1.82, 2.24) is 5.32 Å². The zero-order valence-electron chi connectivity index (χ0n) is 9.12. The molecule has 2 N–H and O–H groups in total. The second kappa shape index (κ2) is 7.41. The molecule has 0 aromatic heterocycles. The number of halogens is 2. The molecule has 3 nitrogen and oxygen atoms in total. The van der Waals surface area contributed by atoms with Crippen LogP contribution in [0.4, 0.5) is 0 Å². The molecule has 0 saturated heterocycles. The Labute approximate surface area is 111 Å². The highest BCUT2D eigenvalue weighted by molar-refractivity contribution is 6.35. The molecule has 1 atom stereocenters. The SMILES string of the molecule is C#CCNCC(O)COc1ccc(Cl)cc1Cl. The average molecular weight is 274 g/mol. The van der Waals surface area contributed by atoms with E-state index in [4.69, 9.17) is 34.4 Å². The van der Waals surface area contributed by atoms with Crippen LogP contribution in [0, 0.1) is 12.3 Å². The van der Waals surface area contributed by atoms with Crippen LogP contribution in [-0.4, -0.2) is 30.9 Å².